The minimum absolute atomic E-state index is 0.144. The first-order chi connectivity index (χ1) is 16.5. The molecule has 0 spiro atoms. The number of sulfonamides is 1. The number of benzene rings is 2. The zero-order valence-corrected chi connectivity index (χ0v) is 21.5. The van der Waals surface area contributed by atoms with Gasteiger partial charge in [-0.25, -0.2) is 8.42 Å². The molecule has 0 saturated carbocycles. The molecule has 0 bridgehead atoms. The van der Waals surface area contributed by atoms with E-state index in [9.17, 15) is 18.0 Å². The monoisotopic (exact) mass is 499 g/mol. The van der Waals surface area contributed by atoms with Gasteiger partial charge in [-0.15, -0.1) is 0 Å². The Kier molecular flexibility index (Phi) is 6.92. The normalized spacial score (nSPS) is 18.4. The van der Waals surface area contributed by atoms with E-state index in [1.807, 2.05) is 24.3 Å². The van der Waals surface area contributed by atoms with Crippen molar-refractivity contribution in [3.8, 4) is 5.75 Å². The summed E-state index contributed by atoms with van der Waals surface area (Å²) < 4.78 is 33.3. The summed E-state index contributed by atoms with van der Waals surface area (Å²) in [4.78, 5) is 27.6. The van der Waals surface area contributed by atoms with Crippen LogP contribution in [0.2, 0.25) is 0 Å². The lowest BCUT2D eigenvalue weighted by Crippen LogP contribution is -2.42. The minimum Gasteiger partial charge on any atom is -0.497 e. The maximum absolute atomic E-state index is 13.3. The van der Waals surface area contributed by atoms with Crippen molar-refractivity contribution in [2.24, 2.45) is 5.92 Å². The molecule has 1 fully saturated rings. The molecule has 0 aliphatic carbocycles. The van der Waals surface area contributed by atoms with Crippen LogP contribution in [0, 0.1) is 5.92 Å². The summed E-state index contributed by atoms with van der Waals surface area (Å²) in [6, 6.07) is 12.2. The Bertz CT molecular complexity index is 1230. The van der Waals surface area contributed by atoms with Crippen LogP contribution in [0.3, 0.4) is 0 Å². The third-order valence-corrected chi connectivity index (χ3v) is 8.91. The van der Waals surface area contributed by atoms with E-state index >= 15 is 0 Å². The molecule has 0 atom stereocenters. The highest BCUT2D eigenvalue weighted by Crippen LogP contribution is 2.43. The summed E-state index contributed by atoms with van der Waals surface area (Å²) in [7, 11) is -2.06. The number of fused-ring (bicyclic) bond motifs is 1. The quantitative estimate of drug-likeness (QED) is 0.632. The first-order valence-electron chi connectivity index (χ1n) is 11.9. The summed E-state index contributed by atoms with van der Waals surface area (Å²) in [5.74, 6) is 0.683. The van der Waals surface area contributed by atoms with E-state index in [0.717, 1.165) is 18.4 Å². The maximum Gasteiger partial charge on any atom is 0.243 e. The van der Waals surface area contributed by atoms with Crippen molar-refractivity contribution in [2.75, 3.05) is 31.6 Å². The molecule has 1 N–H and O–H groups in total. The molecule has 2 aromatic carbocycles. The predicted molar refractivity (Wildman–Crippen MR) is 134 cm³/mol. The van der Waals surface area contributed by atoms with Crippen LogP contribution < -0.4 is 15.0 Å². The Balaban J connectivity index is 1.52. The average Bonchev–Trinajstić information content (AvgIpc) is 3.03. The summed E-state index contributed by atoms with van der Waals surface area (Å²) >= 11 is 0. The van der Waals surface area contributed by atoms with Gasteiger partial charge in [0.2, 0.25) is 21.8 Å². The molecule has 2 aliphatic heterocycles. The number of carbonyl (C=O) groups excluding carboxylic acids is 2. The number of anilines is 1. The van der Waals surface area contributed by atoms with Gasteiger partial charge < -0.3 is 15.0 Å². The van der Waals surface area contributed by atoms with Gasteiger partial charge in [-0.2, -0.15) is 4.31 Å². The van der Waals surface area contributed by atoms with Crippen molar-refractivity contribution in [3.63, 3.8) is 0 Å². The lowest BCUT2D eigenvalue weighted by atomic mass is 9.86. The number of hydrogen-bond acceptors (Lipinski definition) is 5. The number of nitrogens with zero attached hydrogens (tertiary/aromatic N) is 2. The summed E-state index contributed by atoms with van der Waals surface area (Å²) in [6.07, 6.45) is 1.68. The topological polar surface area (TPSA) is 96.0 Å². The number of amides is 2. The number of ether oxygens (including phenoxy) is 1. The number of piperidine rings is 1. The van der Waals surface area contributed by atoms with E-state index in [1.165, 1.54) is 9.21 Å². The van der Waals surface area contributed by atoms with Crippen LogP contribution in [0.4, 0.5) is 5.69 Å². The van der Waals surface area contributed by atoms with Gasteiger partial charge in [-0.05, 0) is 74.1 Å². The Labute approximate surface area is 207 Å². The Hall–Kier alpha value is -2.91. The third-order valence-electron chi connectivity index (χ3n) is 7.02. The third kappa shape index (κ3) is 4.92. The van der Waals surface area contributed by atoms with E-state index in [4.69, 9.17) is 4.74 Å². The Morgan fingerprint density at radius 1 is 1.14 bits per heavy atom. The standard InChI is InChI=1S/C26H33N3O5S/c1-18-10-12-28(13-11-18)35(32,33)21-8-9-23-22(15-21)26(2,3)25(31)29(23)17-24(30)27-16-19-6-5-7-20(14-19)34-4/h5-9,14-15,18H,10-13,16-17H2,1-4H3,(H,27,30). The smallest absolute Gasteiger partial charge is 0.243 e. The van der Waals surface area contributed by atoms with E-state index in [0.29, 0.717) is 42.6 Å². The number of rotatable bonds is 7. The molecule has 35 heavy (non-hydrogen) atoms. The van der Waals surface area contributed by atoms with Gasteiger partial charge in [0.15, 0.2) is 0 Å². The second-order valence-electron chi connectivity index (χ2n) is 9.91. The SMILES string of the molecule is COc1cccc(CNC(=O)CN2C(=O)C(C)(C)c3cc(S(=O)(=O)N4CCC(C)CC4)ccc32)c1. The van der Waals surface area contributed by atoms with E-state index in [2.05, 4.69) is 12.2 Å². The highest BCUT2D eigenvalue weighted by Gasteiger charge is 2.45. The Morgan fingerprint density at radius 3 is 2.54 bits per heavy atom. The first kappa shape index (κ1) is 25.2. The second kappa shape index (κ2) is 9.62. The molecule has 2 amide bonds. The highest BCUT2D eigenvalue weighted by molar-refractivity contribution is 7.89. The summed E-state index contributed by atoms with van der Waals surface area (Å²) in [5.41, 5.74) is 1.13. The summed E-state index contributed by atoms with van der Waals surface area (Å²) in [6.45, 7) is 6.83. The van der Waals surface area contributed by atoms with E-state index in [-0.39, 0.29) is 23.3 Å². The number of hydrogen-bond donors (Lipinski definition) is 1. The van der Waals surface area contributed by atoms with Crippen LogP contribution >= 0.6 is 0 Å². The van der Waals surface area contributed by atoms with Crippen LogP contribution in [0.1, 0.15) is 44.7 Å². The number of nitrogens with one attached hydrogen (secondary N) is 1. The van der Waals surface area contributed by atoms with Gasteiger partial charge >= 0.3 is 0 Å². The molecule has 0 aromatic heterocycles. The molecule has 4 rings (SSSR count). The summed E-state index contributed by atoms with van der Waals surface area (Å²) in [5, 5.41) is 2.85. The molecule has 2 aromatic rings. The molecular formula is C26H33N3O5S. The fraction of sp³-hybridized carbons (Fsp3) is 0.462. The lowest BCUT2D eigenvalue weighted by molar-refractivity contribution is -0.125. The first-order valence-corrected chi connectivity index (χ1v) is 13.3. The van der Waals surface area contributed by atoms with Gasteiger partial charge in [0.05, 0.1) is 17.4 Å². The molecule has 1 saturated heterocycles. The van der Waals surface area contributed by atoms with Crippen LogP contribution in [0.25, 0.3) is 0 Å². The van der Waals surface area contributed by atoms with Crippen molar-refractivity contribution < 1.29 is 22.7 Å². The van der Waals surface area contributed by atoms with E-state index in [1.54, 1.807) is 39.2 Å². The highest BCUT2D eigenvalue weighted by atomic mass is 32.2. The second-order valence-corrected chi connectivity index (χ2v) is 11.8. The fourth-order valence-corrected chi connectivity index (χ4v) is 6.18. The largest absolute Gasteiger partial charge is 0.497 e. The molecule has 8 nitrogen and oxygen atoms in total. The van der Waals surface area contributed by atoms with Gasteiger partial charge in [-0.1, -0.05) is 19.1 Å². The molecule has 2 aliphatic rings. The van der Waals surface area contributed by atoms with Crippen LogP contribution in [-0.2, 0) is 31.6 Å². The van der Waals surface area contributed by atoms with Crippen molar-refractivity contribution >= 4 is 27.5 Å². The molecule has 9 heteroatoms. The number of methoxy groups -OCH3 is 1. The van der Waals surface area contributed by atoms with Crippen molar-refractivity contribution in [1.29, 1.82) is 0 Å². The van der Waals surface area contributed by atoms with Crippen LogP contribution in [0.5, 0.6) is 5.75 Å². The predicted octanol–water partition coefficient (Wildman–Crippen LogP) is 3.06. The molecule has 2 heterocycles. The van der Waals surface area contributed by atoms with Gasteiger partial charge in [-0.3, -0.25) is 9.59 Å². The van der Waals surface area contributed by atoms with Crippen molar-refractivity contribution in [1.82, 2.24) is 9.62 Å². The lowest BCUT2D eigenvalue weighted by Gasteiger charge is -2.29. The number of carbonyl (C=O) groups is 2. The fourth-order valence-electron chi connectivity index (χ4n) is 4.69. The van der Waals surface area contributed by atoms with Crippen LogP contribution in [0.15, 0.2) is 47.4 Å². The zero-order valence-electron chi connectivity index (χ0n) is 20.7. The van der Waals surface area contributed by atoms with Crippen molar-refractivity contribution in [3.05, 3.63) is 53.6 Å². The van der Waals surface area contributed by atoms with E-state index < -0.39 is 15.4 Å². The maximum atomic E-state index is 13.3. The van der Waals surface area contributed by atoms with Gasteiger partial charge in [0.1, 0.15) is 12.3 Å². The molecular weight excluding hydrogens is 466 g/mol. The Morgan fingerprint density at radius 2 is 1.86 bits per heavy atom. The molecule has 0 radical (unpaired) electrons. The minimum atomic E-state index is -3.65. The molecule has 188 valence electrons. The van der Waals surface area contributed by atoms with Crippen molar-refractivity contribution in [2.45, 2.75) is 50.5 Å². The van der Waals surface area contributed by atoms with Gasteiger partial charge in [0.25, 0.3) is 0 Å². The molecule has 0 unspecified atom stereocenters. The zero-order chi connectivity index (χ0) is 25.4. The van der Waals surface area contributed by atoms with Gasteiger partial charge in [0, 0.05) is 25.3 Å². The average molecular weight is 500 g/mol. The van der Waals surface area contributed by atoms with Crippen LogP contribution in [-0.4, -0.2) is 51.3 Å².